The second kappa shape index (κ2) is 5.14. The molecule has 19 heavy (non-hydrogen) atoms. The summed E-state index contributed by atoms with van der Waals surface area (Å²) in [6.07, 6.45) is 3.43. The third kappa shape index (κ3) is 2.49. The van der Waals surface area contributed by atoms with Crippen molar-refractivity contribution in [2.24, 2.45) is 5.92 Å². The number of aliphatic hydroxyl groups is 1. The van der Waals surface area contributed by atoms with Crippen LogP contribution in [0.25, 0.3) is 0 Å². The fourth-order valence-corrected chi connectivity index (χ4v) is 3.33. The monoisotopic (exact) mass is 262 g/mol. The van der Waals surface area contributed by atoms with E-state index >= 15 is 0 Å². The Kier molecular flexibility index (Phi) is 3.50. The van der Waals surface area contributed by atoms with Crippen LogP contribution in [0.4, 0.5) is 0 Å². The minimum atomic E-state index is -0.481. The van der Waals surface area contributed by atoms with E-state index in [9.17, 15) is 5.11 Å². The SMILES string of the molecule is CC(C)Oc1ccccc1C(O)C1CC2CCC1O2. The summed E-state index contributed by atoms with van der Waals surface area (Å²) in [4.78, 5) is 0. The van der Waals surface area contributed by atoms with Gasteiger partial charge in [0.15, 0.2) is 0 Å². The van der Waals surface area contributed by atoms with Gasteiger partial charge in [0, 0.05) is 11.5 Å². The van der Waals surface area contributed by atoms with Gasteiger partial charge in [-0.1, -0.05) is 18.2 Å². The van der Waals surface area contributed by atoms with E-state index in [4.69, 9.17) is 9.47 Å². The maximum absolute atomic E-state index is 10.7. The number of rotatable bonds is 4. The van der Waals surface area contributed by atoms with Crippen LogP contribution in [0.3, 0.4) is 0 Å². The van der Waals surface area contributed by atoms with Crippen molar-refractivity contribution in [3.8, 4) is 5.75 Å². The van der Waals surface area contributed by atoms with Gasteiger partial charge in [-0.25, -0.2) is 0 Å². The van der Waals surface area contributed by atoms with Crippen LogP contribution < -0.4 is 4.74 Å². The first-order chi connectivity index (χ1) is 9.15. The number of fused-ring (bicyclic) bond motifs is 2. The lowest BCUT2D eigenvalue weighted by Gasteiger charge is -2.26. The van der Waals surface area contributed by atoms with Crippen molar-refractivity contribution in [3.63, 3.8) is 0 Å². The highest BCUT2D eigenvalue weighted by Gasteiger charge is 2.44. The van der Waals surface area contributed by atoms with Gasteiger partial charge in [0.05, 0.1) is 24.4 Å². The van der Waals surface area contributed by atoms with Gasteiger partial charge in [-0.05, 0) is 39.2 Å². The summed E-state index contributed by atoms with van der Waals surface area (Å²) >= 11 is 0. The molecule has 1 N–H and O–H groups in total. The molecule has 3 nitrogen and oxygen atoms in total. The van der Waals surface area contributed by atoms with E-state index in [1.165, 1.54) is 0 Å². The van der Waals surface area contributed by atoms with Crippen molar-refractivity contribution in [1.29, 1.82) is 0 Å². The second-order valence-corrected chi connectivity index (χ2v) is 5.92. The lowest BCUT2D eigenvalue weighted by molar-refractivity contribution is 0.0404. The van der Waals surface area contributed by atoms with Gasteiger partial charge in [0.2, 0.25) is 0 Å². The van der Waals surface area contributed by atoms with Gasteiger partial charge < -0.3 is 14.6 Å². The van der Waals surface area contributed by atoms with Crippen LogP contribution >= 0.6 is 0 Å². The summed E-state index contributed by atoms with van der Waals surface area (Å²) in [5.74, 6) is 1.02. The summed E-state index contributed by atoms with van der Waals surface area (Å²) in [7, 11) is 0. The molecule has 0 aromatic heterocycles. The Morgan fingerprint density at radius 2 is 2.05 bits per heavy atom. The number of hydrogen-bond acceptors (Lipinski definition) is 3. The molecule has 1 aromatic carbocycles. The Balaban J connectivity index is 1.81. The van der Waals surface area contributed by atoms with Crippen molar-refractivity contribution >= 4 is 0 Å². The van der Waals surface area contributed by atoms with Gasteiger partial charge in [-0.3, -0.25) is 0 Å². The van der Waals surface area contributed by atoms with E-state index in [2.05, 4.69) is 0 Å². The zero-order valence-corrected chi connectivity index (χ0v) is 11.6. The molecular formula is C16H22O3. The third-order valence-electron chi connectivity index (χ3n) is 4.16. The lowest BCUT2D eigenvalue weighted by atomic mass is 9.82. The maximum atomic E-state index is 10.7. The number of aliphatic hydroxyl groups excluding tert-OH is 1. The summed E-state index contributed by atoms with van der Waals surface area (Å²) < 4.78 is 11.7. The molecule has 2 heterocycles. The molecule has 0 radical (unpaired) electrons. The largest absolute Gasteiger partial charge is 0.491 e. The molecular weight excluding hydrogens is 240 g/mol. The highest BCUT2D eigenvalue weighted by atomic mass is 16.5. The average Bonchev–Trinajstić information content (AvgIpc) is 3.00. The molecule has 2 saturated heterocycles. The van der Waals surface area contributed by atoms with Gasteiger partial charge >= 0.3 is 0 Å². The van der Waals surface area contributed by atoms with Crippen LogP contribution in [-0.4, -0.2) is 23.4 Å². The van der Waals surface area contributed by atoms with Gasteiger partial charge in [-0.15, -0.1) is 0 Å². The topological polar surface area (TPSA) is 38.7 Å². The molecule has 2 aliphatic heterocycles. The second-order valence-electron chi connectivity index (χ2n) is 5.92. The summed E-state index contributed by atoms with van der Waals surface area (Å²) in [6.45, 7) is 4.01. The molecule has 4 unspecified atom stereocenters. The molecule has 1 aromatic rings. The molecule has 104 valence electrons. The van der Waals surface area contributed by atoms with Crippen molar-refractivity contribution in [1.82, 2.24) is 0 Å². The zero-order valence-electron chi connectivity index (χ0n) is 11.6. The predicted molar refractivity (Wildman–Crippen MR) is 73.2 cm³/mol. The summed E-state index contributed by atoms with van der Waals surface area (Å²) in [5.41, 5.74) is 0.900. The predicted octanol–water partition coefficient (Wildman–Crippen LogP) is 3.07. The van der Waals surface area contributed by atoms with E-state index in [0.29, 0.717) is 6.10 Å². The zero-order chi connectivity index (χ0) is 13.4. The molecule has 2 bridgehead atoms. The van der Waals surface area contributed by atoms with Crippen LogP contribution in [0.15, 0.2) is 24.3 Å². The minimum Gasteiger partial charge on any atom is -0.491 e. The van der Waals surface area contributed by atoms with Crippen LogP contribution in [0.1, 0.15) is 44.8 Å². The maximum Gasteiger partial charge on any atom is 0.125 e. The van der Waals surface area contributed by atoms with Crippen molar-refractivity contribution in [2.45, 2.75) is 57.5 Å². The Hall–Kier alpha value is -1.06. The standard InChI is InChI=1S/C16H22O3/c1-10(2)18-14-6-4-3-5-12(14)16(17)13-9-11-7-8-15(13)19-11/h3-6,10-11,13,15-17H,7-9H2,1-2H3. The molecule has 3 heteroatoms. The number of hydrogen-bond donors (Lipinski definition) is 1. The molecule has 0 saturated carbocycles. The van der Waals surface area contributed by atoms with Crippen molar-refractivity contribution in [3.05, 3.63) is 29.8 Å². The molecule has 2 fully saturated rings. The highest BCUT2D eigenvalue weighted by molar-refractivity contribution is 5.36. The van der Waals surface area contributed by atoms with Gasteiger partial charge in [0.1, 0.15) is 5.75 Å². The first-order valence-corrected chi connectivity index (χ1v) is 7.24. The van der Waals surface area contributed by atoms with E-state index in [1.54, 1.807) is 0 Å². The van der Waals surface area contributed by atoms with E-state index in [-0.39, 0.29) is 18.1 Å². The van der Waals surface area contributed by atoms with E-state index in [0.717, 1.165) is 30.6 Å². The Labute approximate surface area is 114 Å². The average molecular weight is 262 g/mol. The Morgan fingerprint density at radius 3 is 2.68 bits per heavy atom. The van der Waals surface area contributed by atoms with Crippen LogP contribution in [0.5, 0.6) is 5.75 Å². The fraction of sp³-hybridized carbons (Fsp3) is 0.625. The first-order valence-electron chi connectivity index (χ1n) is 7.24. The van der Waals surface area contributed by atoms with E-state index < -0.39 is 6.10 Å². The molecule has 2 aliphatic rings. The van der Waals surface area contributed by atoms with Crippen LogP contribution in [0.2, 0.25) is 0 Å². The summed E-state index contributed by atoms with van der Waals surface area (Å²) in [5, 5.41) is 10.7. The Bertz CT molecular complexity index is 443. The first kappa shape index (κ1) is 12.9. The van der Waals surface area contributed by atoms with Crippen molar-refractivity contribution < 1.29 is 14.6 Å². The third-order valence-corrected chi connectivity index (χ3v) is 4.16. The smallest absolute Gasteiger partial charge is 0.125 e. The molecule has 0 spiro atoms. The number of ether oxygens (including phenoxy) is 2. The van der Waals surface area contributed by atoms with Gasteiger partial charge in [-0.2, -0.15) is 0 Å². The molecule has 3 rings (SSSR count). The number of benzene rings is 1. The van der Waals surface area contributed by atoms with E-state index in [1.807, 2.05) is 38.1 Å². The summed E-state index contributed by atoms with van der Waals surface area (Å²) in [6, 6.07) is 7.81. The van der Waals surface area contributed by atoms with Crippen molar-refractivity contribution in [2.75, 3.05) is 0 Å². The van der Waals surface area contributed by atoms with Crippen LogP contribution in [0, 0.1) is 5.92 Å². The highest BCUT2D eigenvalue weighted by Crippen LogP contribution is 2.46. The number of para-hydroxylation sites is 1. The molecule has 0 amide bonds. The Morgan fingerprint density at radius 1 is 1.26 bits per heavy atom. The normalized spacial score (nSPS) is 30.8. The fourth-order valence-electron chi connectivity index (χ4n) is 3.33. The molecule has 4 atom stereocenters. The molecule has 0 aliphatic carbocycles. The van der Waals surface area contributed by atoms with Gasteiger partial charge in [0.25, 0.3) is 0 Å². The lowest BCUT2D eigenvalue weighted by Crippen LogP contribution is -2.24. The minimum absolute atomic E-state index is 0.115. The quantitative estimate of drug-likeness (QED) is 0.906. The van der Waals surface area contributed by atoms with Crippen LogP contribution in [-0.2, 0) is 4.74 Å².